The average Bonchev–Trinajstić information content (AvgIpc) is 2.37. The van der Waals surface area contributed by atoms with E-state index in [0.29, 0.717) is 6.04 Å². The molecule has 3 unspecified atom stereocenters. The molecule has 19 heavy (non-hydrogen) atoms. The SMILES string of the molecule is CC1CCCC(N(C)c2ccc(C(C)O)c(Br)c2)C1. The van der Waals surface area contributed by atoms with E-state index in [1.165, 1.54) is 31.4 Å². The Morgan fingerprint density at radius 3 is 2.68 bits per heavy atom. The number of rotatable bonds is 3. The van der Waals surface area contributed by atoms with E-state index in [-0.39, 0.29) is 0 Å². The Kier molecular flexibility index (Phi) is 4.91. The molecule has 0 saturated heterocycles. The summed E-state index contributed by atoms with van der Waals surface area (Å²) in [5.41, 5.74) is 2.18. The van der Waals surface area contributed by atoms with Gasteiger partial charge in [0.1, 0.15) is 0 Å². The molecule has 1 saturated carbocycles. The van der Waals surface area contributed by atoms with Crippen molar-refractivity contribution in [3.63, 3.8) is 0 Å². The van der Waals surface area contributed by atoms with Crippen LogP contribution in [0.1, 0.15) is 51.2 Å². The fourth-order valence-corrected chi connectivity index (χ4v) is 3.74. The molecule has 1 aliphatic carbocycles. The molecular formula is C16H24BrNO. The number of aliphatic hydroxyl groups excluding tert-OH is 1. The lowest BCUT2D eigenvalue weighted by Crippen LogP contribution is -2.35. The maximum absolute atomic E-state index is 9.67. The molecule has 1 N–H and O–H groups in total. The number of halogens is 1. The summed E-state index contributed by atoms with van der Waals surface area (Å²) >= 11 is 3.57. The second kappa shape index (κ2) is 6.27. The van der Waals surface area contributed by atoms with Gasteiger partial charge in [-0.2, -0.15) is 0 Å². The van der Waals surface area contributed by atoms with E-state index in [2.05, 4.69) is 46.9 Å². The van der Waals surface area contributed by atoms with Crippen molar-refractivity contribution in [1.82, 2.24) is 0 Å². The van der Waals surface area contributed by atoms with Crippen molar-refractivity contribution in [3.05, 3.63) is 28.2 Å². The van der Waals surface area contributed by atoms with Crippen LogP contribution in [0.2, 0.25) is 0 Å². The molecule has 1 aromatic rings. The first-order chi connectivity index (χ1) is 8.99. The number of nitrogens with zero attached hydrogens (tertiary/aromatic N) is 1. The standard InChI is InChI=1S/C16H24BrNO/c1-11-5-4-6-13(9-11)18(3)14-7-8-15(12(2)19)16(17)10-14/h7-8,10-13,19H,4-6,9H2,1-3H3. The van der Waals surface area contributed by atoms with Gasteiger partial charge in [0.2, 0.25) is 0 Å². The first kappa shape index (κ1) is 14.9. The Bertz CT molecular complexity index is 433. The summed E-state index contributed by atoms with van der Waals surface area (Å²) in [5.74, 6) is 0.835. The molecule has 0 aromatic heterocycles. The van der Waals surface area contributed by atoms with Crippen LogP contribution in [0.5, 0.6) is 0 Å². The Hall–Kier alpha value is -0.540. The predicted molar refractivity (Wildman–Crippen MR) is 84.6 cm³/mol. The molecular weight excluding hydrogens is 302 g/mol. The Morgan fingerprint density at radius 1 is 1.37 bits per heavy atom. The molecule has 2 nitrogen and oxygen atoms in total. The zero-order valence-electron chi connectivity index (χ0n) is 12.1. The highest BCUT2D eigenvalue weighted by Crippen LogP contribution is 2.32. The molecule has 1 aliphatic rings. The van der Waals surface area contributed by atoms with Crippen LogP contribution in [-0.4, -0.2) is 18.2 Å². The van der Waals surface area contributed by atoms with Crippen molar-refractivity contribution >= 4 is 21.6 Å². The number of hydrogen-bond acceptors (Lipinski definition) is 2. The van der Waals surface area contributed by atoms with Crippen LogP contribution in [0.3, 0.4) is 0 Å². The van der Waals surface area contributed by atoms with Gasteiger partial charge in [0.05, 0.1) is 6.10 Å². The largest absolute Gasteiger partial charge is 0.389 e. The zero-order chi connectivity index (χ0) is 14.0. The van der Waals surface area contributed by atoms with Crippen LogP contribution < -0.4 is 4.90 Å². The average molecular weight is 326 g/mol. The fraction of sp³-hybridized carbons (Fsp3) is 0.625. The van der Waals surface area contributed by atoms with Crippen LogP contribution in [0.25, 0.3) is 0 Å². The van der Waals surface area contributed by atoms with Gasteiger partial charge >= 0.3 is 0 Å². The third kappa shape index (κ3) is 3.51. The lowest BCUT2D eigenvalue weighted by Gasteiger charge is -2.35. The first-order valence-corrected chi connectivity index (χ1v) is 7.98. The van der Waals surface area contributed by atoms with E-state index in [4.69, 9.17) is 0 Å². The van der Waals surface area contributed by atoms with Crippen molar-refractivity contribution in [1.29, 1.82) is 0 Å². The summed E-state index contributed by atoms with van der Waals surface area (Å²) in [6.45, 7) is 4.15. The molecule has 1 aromatic carbocycles. The van der Waals surface area contributed by atoms with E-state index in [1.54, 1.807) is 6.92 Å². The van der Waals surface area contributed by atoms with Crippen molar-refractivity contribution in [3.8, 4) is 0 Å². The first-order valence-electron chi connectivity index (χ1n) is 7.19. The third-order valence-electron chi connectivity index (χ3n) is 4.30. The minimum Gasteiger partial charge on any atom is -0.389 e. The Balaban J connectivity index is 2.15. The van der Waals surface area contributed by atoms with Crippen molar-refractivity contribution in [2.24, 2.45) is 5.92 Å². The van der Waals surface area contributed by atoms with E-state index in [9.17, 15) is 5.11 Å². The maximum atomic E-state index is 9.67. The second-order valence-electron chi connectivity index (χ2n) is 5.92. The second-order valence-corrected chi connectivity index (χ2v) is 6.77. The van der Waals surface area contributed by atoms with Crippen LogP contribution in [0.4, 0.5) is 5.69 Å². The number of hydrogen-bond donors (Lipinski definition) is 1. The summed E-state index contributed by atoms with van der Waals surface area (Å²) in [6.07, 6.45) is 4.85. The highest BCUT2D eigenvalue weighted by molar-refractivity contribution is 9.10. The van der Waals surface area contributed by atoms with E-state index in [1.807, 2.05) is 6.07 Å². The molecule has 106 valence electrons. The van der Waals surface area contributed by atoms with Gasteiger partial charge < -0.3 is 10.0 Å². The Labute approximate surface area is 124 Å². The van der Waals surface area contributed by atoms with Gasteiger partial charge in [-0.25, -0.2) is 0 Å². The van der Waals surface area contributed by atoms with Crippen molar-refractivity contribution in [2.75, 3.05) is 11.9 Å². The van der Waals surface area contributed by atoms with Gasteiger partial charge in [0.25, 0.3) is 0 Å². The van der Waals surface area contributed by atoms with Crippen LogP contribution in [0, 0.1) is 5.92 Å². The van der Waals surface area contributed by atoms with Crippen LogP contribution in [0.15, 0.2) is 22.7 Å². The van der Waals surface area contributed by atoms with Crippen LogP contribution in [-0.2, 0) is 0 Å². The van der Waals surface area contributed by atoms with E-state index < -0.39 is 6.10 Å². The van der Waals surface area contributed by atoms with Gasteiger partial charge in [-0.15, -0.1) is 0 Å². The maximum Gasteiger partial charge on any atom is 0.0772 e. The van der Waals surface area contributed by atoms with Gasteiger partial charge in [0, 0.05) is 23.2 Å². The number of aliphatic hydroxyl groups is 1. The highest BCUT2D eigenvalue weighted by atomic mass is 79.9. The topological polar surface area (TPSA) is 23.5 Å². The minimum absolute atomic E-state index is 0.427. The summed E-state index contributed by atoms with van der Waals surface area (Å²) in [6, 6.07) is 6.91. The Morgan fingerprint density at radius 2 is 2.11 bits per heavy atom. The summed E-state index contributed by atoms with van der Waals surface area (Å²) in [4.78, 5) is 2.40. The minimum atomic E-state index is -0.427. The molecule has 3 atom stereocenters. The molecule has 1 fully saturated rings. The molecule has 0 spiro atoms. The monoisotopic (exact) mass is 325 g/mol. The van der Waals surface area contributed by atoms with Crippen molar-refractivity contribution in [2.45, 2.75) is 51.7 Å². The van der Waals surface area contributed by atoms with E-state index in [0.717, 1.165) is 16.0 Å². The molecule has 0 amide bonds. The summed E-state index contributed by atoms with van der Waals surface area (Å²) in [7, 11) is 2.19. The molecule has 2 rings (SSSR count). The zero-order valence-corrected chi connectivity index (χ0v) is 13.7. The normalized spacial score (nSPS) is 25.1. The van der Waals surface area contributed by atoms with Gasteiger partial charge in [-0.05, 0) is 43.4 Å². The fourth-order valence-electron chi connectivity index (χ4n) is 3.04. The number of benzene rings is 1. The molecule has 0 aliphatic heterocycles. The number of anilines is 1. The quantitative estimate of drug-likeness (QED) is 0.883. The van der Waals surface area contributed by atoms with Crippen LogP contribution >= 0.6 is 15.9 Å². The summed E-state index contributed by atoms with van der Waals surface area (Å²) in [5, 5.41) is 9.67. The highest BCUT2D eigenvalue weighted by Gasteiger charge is 2.23. The third-order valence-corrected chi connectivity index (χ3v) is 4.98. The molecule has 3 heteroatoms. The van der Waals surface area contributed by atoms with Crippen molar-refractivity contribution < 1.29 is 5.11 Å². The summed E-state index contributed by atoms with van der Waals surface area (Å²) < 4.78 is 0.996. The smallest absolute Gasteiger partial charge is 0.0772 e. The molecule has 0 bridgehead atoms. The van der Waals surface area contributed by atoms with E-state index >= 15 is 0 Å². The van der Waals surface area contributed by atoms with Gasteiger partial charge in [-0.1, -0.05) is 41.8 Å². The lowest BCUT2D eigenvalue weighted by atomic mass is 9.86. The lowest BCUT2D eigenvalue weighted by molar-refractivity contribution is 0.198. The predicted octanol–water partition coefficient (Wildman–Crippen LogP) is 4.52. The molecule has 0 radical (unpaired) electrons. The molecule has 0 heterocycles. The van der Waals surface area contributed by atoms with Gasteiger partial charge in [0.15, 0.2) is 0 Å². The van der Waals surface area contributed by atoms with Gasteiger partial charge in [-0.3, -0.25) is 0 Å².